The zero-order chi connectivity index (χ0) is 13.9. The number of rotatable bonds is 3. The Morgan fingerprint density at radius 3 is 2.53 bits per heavy atom. The lowest BCUT2D eigenvalue weighted by molar-refractivity contribution is -0.274. The van der Waals surface area contributed by atoms with E-state index in [0.29, 0.717) is 16.3 Å². The number of nitrogens with zero attached hydrogens (tertiary/aromatic N) is 2. The zero-order valence-electron chi connectivity index (χ0n) is 9.44. The van der Waals surface area contributed by atoms with Gasteiger partial charge in [0.2, 0.25) is 0 Å². The van der Waals surface area contributed by atoms with E-state index in [2.05, 4.69) is 9.72 Å². The van der Waals surface area contributed by atoms with E-state index in [0.717, 1.165) is 0 Å². The van der Waals surface area contributed by atoms with Crippen molar-refractivity contribution in [1.29, 1.82) is 5.26 Å². The Bertz CT molecular complexity index is 599. The number of halogens is 3. The van der Waals surface area contributed by atoms with Gasteiger partial charge >= 0.3 is 6.36 Å². The fraction of sp³-hybridized carbons (Fsp3) is 0.167. The van der Waals surface area contributed by atoms with Crippen LogP contribution in [0.4, 0.5) is 13.2 Å². The molecular weight excluding hydrogens is 277 g/mol. The van der Waals surface area contributed by atoms with Crippen LogP contribution in [0.5, 0.6) is 5.75 Å². The molecule has 0 atom stereocenters. The zero-order valence-corrected chi connectivity index (χ0v) is 10.3. The van der Waals surface area contributed by atoms with E-state index in [1.54, 1.807) is 5.38 Å². The number of hydrogen-bond donors (Lipinski definition) is 0. The molecule has 1 heterocycles. The highest BCUT2D eigenvalue weighted by atomic mass is 32.1. The van der Waals surface area contributed by atoms with Gasteiger partial charge in [-0.2, -0.15) is 5.26 Å². The van der Waals surface area contributed by atoms with Crippen molar-refractivity contribution in [2.45, 2.75) is 12.8 Å². The molecule has 0 bridgehead atoms. The summed E-state index contributed by atoms with van der Waals surface area (Å²) in [5.74, 6) is -0.273. The summed E-state index contributed by atoms with van der Waals surface area (Å²) in [5, 5.41) is 10.9. The van der Waals surface area contributed by atoms with Crippen molar-refractivity contribution in [2.24, 2.45) is 0 Å². The minimum absolute atomic E-state index is 0.214. The smallest absolute Gasteiger partial charge is 0.406 e. The van der Waals surface area contributed by atoms with Gasteiger partial charge in [0.1, 0.15) is 10.8 Å². The highest BCUT2D eigenvalue weighted by Crippen LogP contribution is 2.28. The largest absolute Gasteiger partial charge is 0.573 e. The lowest BCUT2D eigenvalue weighted by Crippen LogP contribution is -2.16. The predicted octanol–water partition coefficient (Wildman–Crippen LogP) is 3.77. The molecule has 98 valence electrons. The molecule has 0 aliphatic rings. The van der Waals surface area contributed by atoms with Crippen LogP contribution < -0.4 is 4.74 Å². The van der Waals surface area contributed by atoms with E-state index in [1.807, 2.05) is 6.07 Å². The number of ether oxygens (including phenoxy) is 1. The van der Waals surface area contributed by atoms with Gasteiger partial charge in [-0.25, -0.2) is 4.98 Å². The number of nitriles is 1. The molecule has 0 amide bonds. The fourth-order valence-electron chi connectivity index (χ4n) is 1.40. The summed E-state index contributed by atoms with van der Waals surface area (Å²) in [6.45, 7) is 0. The van der Waals surface area contributed by atoms with Gasteiger partial charge in [0.05, 0.1) is 18.2 Å². The lowest BCUT2D eigenvalue weighted by atomic mass is 10.2. The van der Waals surface area contributed by atoms with E-state index in [9.17, 15) is 13.2 Å². The lowest BCUT2D eigenvalue weighted by Gasteiger charge is -2.08. The molecule has 0 saturated carbocycles. The monoisotopic (exact) mass is 284 g/mol. The van der Waals surface area contributed by atoms with Crippen LogP contribution in [-0.2, 0) is 6.42 Å². The minimum atomic E-state index is -4.69. The van der Waals surface area contributed by atoms with Gasteiger partial charge in [-0.15, -0.1) is 24.5 Å². The molecule has 0 saturated heterocycles. The standard InChI is InChI=1S/C12H7F3N2OS/c13-12(14,15)18-10-3-1-8(2-4-10)11-17-9(5-6-16)7-19-11/h1-4,7H,5H2. The van der Waals surface area contributed by atoms with Gasteiger partial charge in [0.15, 0.2) is 0 Å². The molecule has 19 heavy (non-hydrogen) atoms. The first-order valence-electron chi connectivity index (χ1n) is 5.15. The number of alkyl halides is 3. The highest BCUT2D eigenvalue weighted by Gasteiger charge is 2.30. The van der Waals surface area contributed by atoms with Gasteiger partial charge in [0, 0.05) is 10.9 Å². The molecule has 0 spiro atoms. The fourth-order valence-corrected chi connectivity index (χ4v) is 2.23. The highest BCUT2D eigenvalue weighted by molar-refractivity contribution is 7.13. The van der Waals surface area contributed by atoms with Crippen LogP contribution in [0.1, 0.15) is 5.69 Å². The summed E-state index contributed by atoms with van der Waals surface area (Å²) in [7, 11) is 0. The van der Waals surface area contributed by atoms with Crippen molar-refractivity contribution in [2.75, 3.05) is 0 Å². The van der Waals surface area contributed by atoms with Gasteiger partial charge < -0.3 is 4.74 Å². The molecule has 0 N–H and O–H groups in total. The Hall–Kier alpha value is -2.07. The molecule has 1 aromatic carbocycles. The first-order valence-corrected chi connectivity index (χ1v) is 6.03. The first-order chi connectivity index (χ1) is 8.98. The van der Waals surface area contributed by atoms with Crippen molar-refractivity contribution < 1.29 is 17.9 Å². The minimum Gasteiger partial charge on any atom is -0.406 e. The Balaban J connectivity index is 2.15. The third kappa shape index (κ3) is 3.69. The van der Waals surface area contributed by atoms with Gasteiger partial charge in [-0.1, -0.05) is 0 Å². The van der Waals surface area contributed by atoms with Crippen LogP contribution in [0.2, 0.25) is 0 Å². The summed E-state index contributed by atoms with van der Waals surface area (Å²) < 4.78 is 39.7. The molecule has 2 aromatic rings. The maximum atomic E-state index is 12.0. The van der Waals surface area contributed by atoms with E-state index in [-0.39, 0.29) is 12.2 Å². The molecule has 0 unspecified atom stereocenters. The summed E-state index contributed by atoms with van der Waals surface area (Å²) in [4.78, 5) is 4.21. The summed E-state index contributed by atoms with van der Waals surface area (Å²) >= 11 is 1.34. The molecule has 0 radical (unpaired) electrons. The van der Waals surface area contributed by atoms with E-state index in [1.165, 1.54) is 35.6 Å². The summed E-state index contributed by atoms with van der Waals surface area (Å²) in [6, 6.07) is 7.44. The Kier molecular flexibility index (Phi) is 3.71. The van der Waals surface area contributed by atoms with Gasteiger partial charge in [-0.3, -0.25) is 0 Å². The van der Waals surface area contributed by atoms with Gasteiger partial charge in [0.25, 0.3) is 0 Å². The second kappa shape index (κ2) is 5.28. The third-order valence-electron chi connectivity index (χ3n) is 2.15. The van der Waals surface area contributed by atoms with E-state index >= 15 is 0 Å². The SMILES string of the molecule is N#CCc1csc(-c2ccc(OC(F)(F)F)cc2)n1. The molecule has 2 rings (SSSR count). The van der Waals surface area contributed by atoms with Crippen molar-refractivity contribution in [3.63, 3.8) is 0 Å². The summed E-state index contributed by atoms with van der Waals surface area (Å²) in [6.07, 6.45) is -4.48. The average molecular weight is 284 g/mol. The second-order valence-corrected chi connectivity index (χ2v) is 4.41. The van der Waals surface area contributed by atoms with Crippen molar-refractivity contribution in [3.8, 4) is 22.4 Å². The summed E-state index contributed by atoms with van der Waals surface area (Å²) in [5.41, 5.74) is 1.34. The molecule has 7 heteroatoms. The number of aromatic nitrogens is 1. The average Bonchev–Trinajstić information content (AvgIpc) is 2.77. The van der Waals surface area contributed by atoms with E-state index in [4.69, 9.17) is 5.26 Å². The normalized spacial score (nSPS) is 11.1. The maximum Gasteiger partial charge on any atom is 0.573 e. The van der Waals surface area contributed by atoms with Crippen molar-refractivity contribution in [1.82, 2.24) is 4.98 Å². The number of thiazole rings is 1. The molecular formula is C12H7F3N2OS. The van der Waals surface area contributed by atoms with Crippen LogP contribution >= 0.6 is 11.3 Å². The molecule has 0 aliphatic carbocycles. The van der Waals surface area contributed by atoms with Crippen molar-refractivity contribution >= 4 is 11.3 Å². The Labute approximate surface area is 110 Å². The van der Waals surface area contributed by atoms with E-state index < -0.39 is 6.36 Å². The van der Waals surface area contributed by atoms with Crippen molar-refractivity contribution in [3.05, 3.63) is 35.3 Å². The number of benzene rings is 1. The van der Waals surface area contributed by atoms with Crippen LogP contribution in [-0.4, -0.2) is 11.3 Å². The molecule has 3 nitrogen and oxygen atoms in total. The van der Waals surface area contributed by atoms with Crippen LogP contribution in [0.25, 0.3) is 10.6 Å². The predicted molar refractivity (Wildman–Crippen MR) is 63.6 cm³/mol. The number of hydrogen-bond acceptors (Lipinski definition) is 4. The van der Waals surface area contributed by atoms with Gasteiger partial charge in [-0.05, 0) is 24.3 Å². The Morgan fingerprint density at radius 1 is 1.26 bits per heavy atom. The topological polar surface area (TPSA) is 45.9 Å². The van der Waals surface area contributed by atoms with Crippen LogP contribution in [0, 0.1) is 11.3 Å². The molecule has 0 aliphatic heterocycles. The molecule has 1 aromatic heterocycles. The first kappa shape index (κ1) is 13.4. The maximum absolute atomic E-state index is 12.0. The third-order valence-corrected chi connectivity index (χ3v) is 3.09. The second-order valence-electron chi connectivity index (χ2n) is 3.55. The Morgan fingerprint density at radius 2 is 1.95 bits per heavy atom. The molecule has 0 fully saturated rings. The quantitative estimate of drug-likeness (QED) is 0.861. The van der Waals surface area contributed by atoms with Crippen LogP contribution in [0.3, 0.4) is 0 Å². The van der Waals surface area contributed by atoms with Crippen LogP contribution in [0.15, 0.2) is 29.6 Å².